The molecule has 2 heterocycles. The summed E-state index contributed by atoms with van der Waals surface area (Å²) in [4.78, 5) is 23.0. The standard InChI is InChI=1S/C23H17F3N4O5/c24-23(25,26)16-5-3-4-15(10-16)12-29-13-17(11-27-29)28-22(31)21-9-8-18(35-21)14-34-20-7-2-1-6-19(20)30(32)33/h1-11,13H,12,14H2,(H,28,31). The number of ether oxygens (including phenoxy) is 1. The quantitative estimate of drug-likeness (QED) is 0.268. The van der Waals surface area contributed by atoms with Crippen LogP contribution in [-0.4, -0.2) is 20.6 Å². The molecule has 0 spiro atoms. The summed E-state index contributed by atoms with van der Waals surface area (Å²) in [6, 6.07) is 13.7. The summed E-state index contributed by atoms with van der Waals surface area (Å²) in [7, 11) is 0. The van der Waals surface area contributed by atoms with Crippen molar-refractivity contribution in [3.8, 4) is 5.75 Å². The van der Waals surface area contributed by atoms with Crippen molar-refractivity contribution < 1.29 is 32.0 Å². The van der Waals surface area contributed by atoms with Crippen molar-refractivity contribution in [2.24, 2.45) is 0 Å². The summed E-state index contributed by atoms with van der Waals surface area (Å²) in [6.45, 7) is -0.0549. The molecule has 1 N–H and O–H groups in total. The van der Waals surface area contributed by atoms with Crippen LogP contribution in [0.25, 0.3) is 0 Å². The fraction of sp³-hybridized carbons (Fsp3) is 0.130. The molecular formula is C23H17F3N4O5. The minimum Gasteiger partial charge on any atom is -0.479 e. The summed E-state index contributed by atoms with van der Waals surface area (Å²) in [6.07, 6.45) is -1.62. The Balaban J connectivity index is 1.35. The predicted octanol–water partition coefficient (Wildman–Crippen LogP) is 5.28. The van der Waals surface area contributed by atoms with Crippen molar-refractivity contribution >= 4 is 17.3 Å². The topological polar surface area (TPSA) is 112 Å². The lowest BCUT2D eigenvalue weighted by Crippen LogP contribution is -2.10. The number of hydrogen-bond acceptors (Lipinski definition) is 6. The van der Waals surface area contributed by atoms with E-state index in [0.717, 1.165) is 12.1 Å². The van der Waals surface area contributed by atoms with Crippen molar-refractivity contribution in [3.63, 3.8) is 0 Å². The third-order valence-electron chi connectivity index (χ3n) is 4.81. The average molecular weight is 486 g/mol. The van der Waals surface area contributed by atoms with Crippen molar-refractivity contribution in [1.82, 2.24) is 9.78 Å². The first kappa shape index (κ1) is 23.5. The van der Waals surface area contributed by atoms with Gasteiger partial charge in [-0.05, 0) is 35.9 Å². The molecule has 0 aliphatic heterocycles. The minimum absolute atomic E-state index is 0.0308. The van der Waals surface area contributed by atoms with Crippen LogP contribution in [0.15, 0.2) is 77.5 Å². The number of nitro benzene ring substituents is 1. The number of halogens is 3. The molecule has 180 valence electrons. The number of amides is 1. The van der Waals surface area contributed by atoms with Gasteiger partial charge in [-0.2, -0.15) is 18.3 Å². The Bertz CT molecular complexity index is 1360. The number of anilines is 1. The second kappa shape index (κ2) is 9.71. The molecule has 35 heavy (non-hydrogen) atoms. The van der Waals surface area contributed by atoms with E-state index in [2.05, 4.69) is 10.4 Å². The molecule has 4 aromatic rings. The number of furan rings is 1. The average Bonchev–Trinajstić information content (AvgIpc) is 3.47. The van der Waals surface area contributed by atoms with E-state index < -0.39 is 22.6 Å². The molecular weight excluding hydrogens is 469 g/mol. The van der Waals surface area contributed by atoms with Crippen LogP contribution in [0.1, 0.15) is 27.4 Å². The van der Waals surface area contributed by atoms with E-state index >= 15 is 0 Å². The van der Waals surface area contributed by atoms with Gasteiger partial charge in [0.15, 0.2) is 11.5 Å². The summed E-state index contributed by atoms with van der Waals surface area (Å²) in [5.41, 5.74) is -0.236. The molecule has 2 aromatic heterocycles. The number of rotatable bonds is 8. The Labute approximate surface area is 195 Å². The van der Waals surface area contributed by atoms with Gasteiger partial charge in [-0.25, -0.2) is 0 Å². The molecule has 4 rings (SSSR count). The Morgan fingerprint density at radius 3 is 2.71 bits per heavy atom. The van der Waals surface area contributed by atoms with Gasteiger partial charge in [0.05, 0.1) is 28.9 Å². The second-order valence-corrected chi connectivity index (χ2v) is 7.36. The number of aromatic nitrogens is 2. The fourth-order valence-corrected chi connectivity index (χ4v) is 3.20. The first-order valence-electron chi connectivity index (χ1n) is 10.1. The zero-order chi connectivity index (χ0) is 25.0. The van der Waals surface area contributed by atoms with E-state index in [9.17, 15) is 28.1 Å². The van der Waals surface area contributed by atoms with Gasteiger partial charge in [-0.1, -0.05) is 24.3 Å². The number of alkyl halides is 3. The first-order chi connectivity index (χ1) is 16.7. The summed E-state index contributed by atoms with van der Waals surface area (Å²) >= 11 is 0. The highest BCUT2D eigenvalue weighted by molar-refractivity contribution is 6.02. The number of nitrogens with one attached hydrogen (secondary N) is 1. The summed E-state index contributed by atoms with van der Waals surface area (Å²) < 4.78 is 50.9. The van der Waals surface area contributed by atoms with E-state index in [1.807, 2.05) is 0 Å². The maximum Gasteiger partial charge on any atom is 0.416 e. The zero-order valence-electron chi connectivity index (χ0n) is 17.9. The largest absolute Gasteiger partial charge is 0.479 e. The lowest BCUT2D eigenvalue weighted by molar-refractivity contribution is -0.386. The summed E-state index contributed by atoms with van der Waals surface area (Å²) in [5.74, 6) is -0.279. The van der Waals surface area contributed by atoms with Crippen molar-refractivity contribution in [1.29, 1.82) is 0 Å². The van der Waals surface area contributed by atoms with Crippen LogP contribution >= 0.6 is 0 Å². The Kier molecular flexibility index (Phi) is 6.53. The van der Waals surface area contributed by atoms with Gasteiger partial charge in [0.25, 0.3) is 5.91 Å². The normalized spacial score (nSPS) is 11.3. The van der Waals surface area contributed by atoms with Crippen LogP contribution in [0.4, 0.5) is 24.5 Å². The van der Waals surface area contributed by atoms with Gasteiger partial charge in [0, 0.05) is 12.3 Å². The van der Waals surface area contributed by atoms with Crippen molar-refractivity contribution in [2.45, 2.75) is 19.3 Å². The number of carbonyl (C=O) groups excluding carboxylic acids is 1. The molecule has 0 radical (unpaired) electrons. The lowest BCUT2D eigenvalue weighted by Gasteiger charge is -2.08. The van der Waals surface area contributed by atoms with Gasteiger partial charge in [0.2, 0.25) is 0 Å². The third kappa shape index (κ3) is 5.85. The third-order valence-corrected chi connectivity index (χ3v) is 4.81. The Hall–Kier alpha value is -4.61. The molecule has 0 saturated carbocycles. The first-order valence-corrected chi connectivity index (χ1v) is 10.1. The SMILES string of the molecule is O=C(Nc1cnn(Cc2cccc(C(F)(F)F)c2)c1)c1ccc(COc2ccccc2[N+](=O)[O-])o1. The van der Waals surface area contributed by atoms with E-state index in [-0.39, 0.29) is 36.1 Å². The van der Waals surface area contributed by atoms with Crippen LogP contribution < -0.4 is 10.1 Å². The van der Waals surface area contributed by atoms with Gasteiger partial charge < -0.3 is 14.5 Å². The van der Waals surface area contributed by atoms with Gasteiger partial charge >= 0.3 is 11.9 Å². The van der Waals surface area contributed by atoms with Gasteiger partial charge in [-0.3, -0.25) is 19.6 Å². The molecule has 1 amide bonds. The number of carbonyl (C=O) groups is 1. The van der Waals surface area contributed by atoms with E-state index in [0.29, 0.717) is 11.3 Å². The monoisotopic (exact) mass is 486 g/mol. The van der Waals surface area contributed by atoms with Crippen LogP contribution in [0, 0.1) is 10.1 Å². The number of nitrogens with zero attached hydrogens (tertiary/aromatic N) is 3. The molecule has 0 aliphatic rings. The highest BCUT2D eigenvalue weighted by Gasteiger charge is 2.30. The maximum absolute atomic E-state index is 12.9. The van der Waals surface area contributed by atoms with E-state index in [4.69, 9.17) is 9.15 Å². The molecule has 12 heteroatoms. The van der Waals surface area contributed by atoms with E-state index in [1.165, 1.54) is 53.5 Å². The van der Waals surface area contributed by atoms with Gasteiger partial charge in [-0.15, -0.1) is 0 Å². The molecule has 0 aliphatic carbocycles. The van der Waals surface area contributed by atoms with E-state index in [1.54, 1.807) is 12.1 Å². The van der Waals surface area contributed by atoms with Gasteiger partial charge in [0.1, 0.15) is 12.4 Å². The number of benzene rings is 2. The molecule has 2 aromatic carbocycles. The maximum atomic E-state index is 12.9. The van der Waals surface area contributed by atoms with Crippen LogP contribution in [0.5, 0.6) is 5.75 Å². The Morgan fingerprint density at radius 2 is 1.94 bits per heavy atom. The van der Waals surface area contributed by atoms with Crippen molar-refractivity contribution in [3.05, 3.63) is 106 Å². The number of nitro groups is 1. The molecule has 0 atom stereocenters. The highest BCUT2D eigenvalue weighted by atomic mass is 19.4. The lowest BCUT2D eigenvalue weighted by atomic mass is 10.1. The number of para-hydroxylation sites is 2. The molecule has 0 bridgehead atoms. The van der Waals surface area contributed by atoms with Crippen LogP contribution in [0.2, 0.25) is 0 Å². The van der Waals surface area contributed by atoms with Crippen LogP contribution in [-0.2, 0) is 19.3 Å². The molecule has 0 saturated heterocycles. The highest BCUT2D eigenvalue weighted by Crippen LogP contribution is 2.30. The molecule has 9 nitrogen and oxygen atoms in total. The Morgan fingerprint density at radius 1 is 1.14 bits per heavy atom. The summed E-state index contributed by atoms with van der Waals surface area (Å²) in [5, 5.41) is 17.7. The molecule has 0 unspecified atom stereocenters. The minimum atomic E-state index is -4.44. The van der Waals surface area contributed by atoms with Crippen molar-refractivity contribution in [2.75, 3.05) is 5.32 Å². The number of hydrogen-bond donors (Lipinski definition) is 1. The second-order valence-electron chi connectivity index (χ2n) is 7.36. The fourth-order valence-electron chi connectivity index (χ4n) is 3.20. The van der Waals surface area contributed by atoms with Crippen LogP contribution in [0.3, 0.4) is 0 Å². The predicted molar refractivity (Wildman–Crippen MR) is 117 cm³/mol. The zero-order valence-corrected chi connectivity index (χ0v) is 17.9. The smallest absolute Gasteiger partial charge is 0.416 e. The molecule has 0 fully saturated rings.